The highest BCUT2D eigenvalue weighted by Gasteiger charge is 2.20. The molecule has 2 N–H and O–H groups in total. The molecule has 0 aliphatic rings. The van der Waals surface area contributed by atoms with E-state index in [0.29, 0.717) is 24.1 Å². The predicted molar refractivity (Wildman–Crippen MR) is 107 cm³/mol. The number of pyridine rings is 1. The van der Waals surface area contributed by atoms with Gasteiger partial charge in [0, 0.05) is 29.4 Å². The van der Waals surface area contributed by atoms with Crippen LogP contribution in [0.4, 0.5) is 14.5 Å². The van der Waals surface area contributed by atoms with Crippen LogP contribution in [0, 0.1) is 11.6 Å². The van der Waals surface area contributed by atoms with E-state index < -0.39 is 29.1 Å². The van der Waals surface area contributed by atoms with E-state index >= 15 is 0 Å². The molecule has 0 radical (unpaired) electrons. The molecular weight excluding hydrogens is 392 g/mol. The molecule has 2 heterocycles. The lowest BCUT2D eigenvalue weighted by Gasteiger charge is -2.09. The molecule has 0 atom stereocenters. The Balaban J connectivity index is 1.73. The Bertz CT molecular complexity index is 1270. The topological polar surface area (TPSA) is 84.2 Å². The van der Waals surface area contributed by atoms with Crippen molar-refractivity contribution in [3.63, 3.8) is 0 Å². The quantitative estimate of drug-likeness (QED) is 0.516. The minimum atomic E-state index is -1.48. The molecule has 0 spiro atoms. The van der Waals surface area contributed by atoms with Gasteiger partial charge in [-0.15, -0.1) is 0 Å². The van der Waals surface area contributed by atoms with Crippen LogP contribution in [0.25, 0.3) is 10.9 Å². The monoisotopic (exact) mass is 407 g/mol. The Labute approximate surface area is 169 Å². The molecule has 0 saturated carbocycles. The third kappa shape index (κ3) is 3.62. The molecule has 0 saturated heterocycles. The summed E-state index contributed by atoms with van der Waals surface area (Å²) in [7, 11) is 0. The van der Waals surface area contributed by atoms with E-state index in [4.69, 9.17) is 0 Å². The smallest absolute Gasteiger partial charge is 0.337 e. The van der Waals surface area contributed by atoms with Gasteiger partial charge in [-0.25, -0.2) is 13.6 Å². The van der Waals surface area contributed by atoms with E-state index in [2.05, 4.69) is 10.3 Å². The minimum Gasteiger partial charge on any atom is -0.478 e. The number of para-hydroxylation sites is 1. The lowest BCUT2D eigenvalue weighted by molar-refractivity contribution is 0.0697. The summed E-state index contributed by atoms with van der Waals surface area (Å²) in [5, 5.41) is 12.3. The summed E-state index contributed by atoms with van der Waals surface area (Å²) in [4.78, 5) is 28.6. The summed E-state index contributed by atoms with van der Waals surface area (Å²) >= 11 is 0. The summed E-state index contributed by atoms with van der Waals surface area (Å²) in [6.45, 7) is 0.417. The maximum atomic E-state index is 13.6. The average molecular weight is 407 g/mol. The number of anilines is 1. The van der Waals surface area contributed by atoms with Gasteiger partial charge in [-0.2, -0.15) is 0 Å². The number of carboxylic acid groups (broad SMARTS) is 1. The first-order valence-corrected chi connectivity index (χ1v) is 8.95. The van der Waals surface area contributed by atoms with E-state index in [1.165, 1.54) is 0 Å². The number of carbonyl (C=O) groups excluding carboxylic acids is 1. The van der Waals surface area contributed by atoms with Crippen LogP contribution in [0.15, 0.2) is 67.0 Å². The second kappa shape index (κ2) is 7.75. The van der Waals surface area contributed by atoms with Gasteiger partial charge in [-0.3, -0.25) is 9.78 Å². The Morgan fingerprint density at radius 1 is 1.00 bits per heavy atom. The fourth-order valence-corrected chi connectivity index (χ4v) is 3.24. The molecule has 0 fully saturated rings. The number of amides is 1. The first-order valence-electron chi connectivity index (χ1n) is 8.95. The molecule has 150 valence electrons. The third-order valence-corrected chi connectivity index (χ3v) is 4.63. The van der Waals surface area contributed by atoms with E-state index in [9.17, 15) is 23.5 Å². The lowest BCUT2D eigenvalue weighted by atomic mass is 10.1. The maximum Gasteiger partial charge on any atom is 0.337 e. The number of carbonyl (C=O) groups is 2. The number of aromatic nitrogens is 2. The molecule has 0 unspecified atom stereocenters. The van der Waals surface area contributed by atoms with E-state index in [1.807, 2.05) is 28.8 Å². The highest BCUT2D eigenvalue weighted by atomic mass is 19.2. The molecule has 8 heteroatoms. The number of nitrogens with zero attached hydrogens (tertiary/aromatic N) is 2. The molecule has 2 aromatic heterocycles. The van der Waals surface area contributed by atoms with Crippen LogP contribution in [0.2, 0.25) is 0 Å². The van der Waals surface area contributed by atoms with Crippen molar-refractivity contribution in [2.24, 2.45) is 0 Å². The molecule has 30 heavy (non-hydrogen) atoms. The SMILES string of the molecule is O=C(O)c1cc(F)c(F)cc1NC(=O)c1cn(Cc2ccccn2)c2ccccc12. The van der Waals surface area contributed by atoms with Gasteiger partial charge in [0.15, 0.2) is 11.6 Å². The Hall–Kier alpha value is -4.07. The van der Waals surface area contributed by atoms with Crippen molar-refractivity contribution in [1.29, 1.82) is 0 Å². The maximum absolute atomic E-state index is 13.6. The second-order valence-electron chi connectivity index (χ2n) is 6.58. The van der Waals surface area contributed by atoms with Crippen LogP contribution < -0.4 is 5.32 Å². The number of hydrogen-bond acceptors (Lipinski definition) is 3. The van der Waals surface area contributed by atoms with Crippen molar-refractivity contribution >= 4 is 28.5 Å². The molecule has 4 rings (SSSR count). The van der Waals surface area contributed by atoms with Gasteiger partial charge in [0.2, 0.25) is 0 Å². The molecule has 2 aromatic carbocycles. The predicted octanol–water partition coefficient (Wildman–Crippen LogP) is 4.31. The van der Waals surface area contributed by atoms with Gasteiger partial charge >= 0.3 is 5.97 Å². The fraction of sp³-hybridized carbons (Fsp3) is 0.0455. The number of halogens is 2. The van der Waals surface area contributed by atoms with E-state index in [1.54, 1.807) is 30.6 Å². The van der Waals surface area contributed by atoms with Crippen LogP contribution in [-0.4, -0.2) is 26.5 Å². The second-order valence-corrected chi connectivity index (χ2v) is 6.58. The van der Waals surface area contributed by atoms with Crippen molar-refractivity contribution in [3.8, 4) is 0 Å². The number of fused-ring (bicyclic) bond motifs is 1. The number of benzene rings is 2. The standard InChI is InChI=1S/C22H15F2N3O3/c23-17-9-15(22(29)30)19(10-18(17)24)26-21(28)16-12-27(11-13-5-3-4-8-25-13)20-7-2-1-6-14(16)20/h1-10,12H,11H2,(H,26,28)(H,29,30). The highest BCUT2D eigenvalue weighted by Crippen LogP contribution is 2.25. The van der Waals surface area contributed by atoms with Gasteiger partial charge in [0.25, 0.3) is 5.91 Å². The van der Waals surface area contributed by atoms with Crippen molar-refractivity contribution in [3.05, 3.63) is 95.4 Å². The summed E-state index contributed by atoms with van der Waals surface area (Å²) in [5.74, 6) is -4.69. The summed E-state index contributed by atoms with van der Waals surface area (Å²) in [6, 6.07) is 13.9. The summed E-state index contributed by atoms with van der Waals surface area (Å²) in [6.07, 6.45) is 3.29. The number of aromatic carboxylic acids is 1. The zero-order valence-corrected chi connectivity index (χ0v) is 15.5. The van der Waals surface area contributed by atoms with Crippen LogP contribution >= 0.6 is 0 Å². The van der Waals surface area contributed by atoms with Crippen molar-refractivity contribution in [1.82, 2.24) is 9.55 Å². The van der Waals surface area contributed by atoms with Crippen LogP contribution in [0.1, 0.15) is 26.4 Å². The van der Waals surface area contributed by atoms with Gasteiger partial charge in [-0.1, -0.05) is 24.3 Å². The molecule has 1 amide bonds. The molecule has 4 aromatic rings. The van der Waals surface area contributed by atoms with Crippen LogP contribution in [-0.2, 0) is 6.54 Å². The summed E-state index contributed by atoms with van der Waals surface area (Å²) in [5.41, 5.74) is 0.964. The van der Waals surface area contributed by atoms with Crippen LogP contribution in [0.3, 0.4) is 0 Å². The average Bonchev–Trinajstić information content (AvgIpc) is 3.10. The molecule has 0 aliphatic heterocycles. The number of hydrogen-bond donors (Lipinski definition) is 2. The van der Waals surface area contributed by atoms with Crippen molar-refractivity contribution < 1.29 is 23.5 Å². The number of nitrogens with one attached hydrogen (secondary N) is 1. The zero-order chi connectivity index (χ0) is 21.3. The van der Waals surface area contributed by atoms with E-state index in [0.717, 1.165) is 11.2 Å². The molecule has 0 bridgehead atoms. The van der Waals surface area contributed by atoms with Gasteiger partial charge in [-0.05, 0) is 24.3 Å². The zero-order valence-electron chi connectivity index (χ0n) is 15.5. The largest absolute Gasteiger partial charge is 0.478 e. The first kappa shape index (κ1) is 19.3. The molecule has 6 nitrogen and oxygen atoms in total. The number of rotatable bonds is 5. The normalized spacial score (nSPS) is 10.9. The van der Waals surface area contributed by atoms with Gasteiger partial charge in [0.1, 0.15) is 0 Å². The van der Waals surface area contributed by atoms with Gasteiger partial charge < -0.3 is 15.0 Å². The fourth-order valence-electron chi connectivity index (χ4n) is 3.24. The van der Waals surface area contributed by atoms with Crippen LogP contribution in [0.5, 0.6) is 0 Å². The van der Waals surface area contributed by atoms with Crippen molar-refractivity contribution in [2.45, 2.75) is 6.54 Å². The Morgan fingerprint density at radius 3 is 2.47 bits per heavy atom. The van der Waals surface area contributed by atoms with Gasteiger partial charge in [0.05, 0.1) is 29.1 Å². The van der Waals surface area contributed by atoms with E-state index in [-0.39, 0.29) is 11.3 Å². The lowest BCUT2D eigenvalue weighted by Crippen LogP contribution is -2.15. The Kier molecular flexibility index (Phi) is 4.97. The Morgan fingerprint density at radius 2 is 1.73 bits per heavy atom. The first-order chi connectivity index (χ1) is 14.4. The molecular formula is C22H15F2N3O3. The highest BCUT2D eigenvalue weighted by molar-refractivity contribution is 6.14. The summed E-state index contributed by atoms with van der Waals surface area (Å²) < 4.78 is 28.9. The minimum absolute atomic E-state index is 0.266. The number of carboxylic acids is 1. The third-order valence-electron chi connectivity index (χ3n) is 4.63. The molecule has 0 aliphatic carbocycles. The van der Waals surface area contributed by atoms with Crippen molar-refractivity contribution in [2.75, 3.05) is 5.32 Å².